The molecule has 0 amide bonds. The Kier molecular flexibility index (Phi) is 3.68. The molecule has 2 aromatic carbocycles. The summed E-state index contributed by atoms with van der Waals surface area (Å²) in [6, 6.07) is 13.9. The van der Waals surface area contributed by atoms with E-state index in [0.29, 0.717) is 5.69 Å². The number of anilines is 1. The number of nitrogens with zero attached hydrogens (tertiary/aromatic N) is 1. The average Bonchev–Trinajstić information content (AvgIpc) is 3.02. The summed E-state index contributed by atoms with van der Waals surface area (Å²) in [5, 5.41) is 0. The van der Waals surface area contributed by atoms with E-state index in [2.05, 4.69) is 14.7 Å². The molecule has 0 bridgehead atoms. The zero-order valence-electron chi connectivity index (χ0n) is 11.9. The Bertz CT molecular complexity index is 853. The van der Waals surface area contributed by atoms with E-state index in [0.717, 1.165) is 16.8 Å². The predicted molar refractivity (Wildman–Crippen MR) is 86.0 cm³/mol. The van der Waals surface area contributed by atoms with Crippen molar-refractivity contribution in [1.29, 1.82) is 0 Å². The third-order valence-electron chi connectivity index (χ3n) is 3.28. The van der Waals surface area contributed by atoms with Gasteiger partial charge in [0.1, 0.15) is 0 Å². The predicted octanol–water partition coefficient (Wildman–Crippen LogP) is 3.19. The van der Waals surface area contributed by atoms with Gasteiger partial charge in [-0.1, -0.05) is 29.8 Å². The summed E-state index contributed by atoms with van der Waals surface area (Å²) in [5.74, 6) is 0. The molecule has 6 heteroatoms. The number of hydrogen-bond donors (Lipinski definition) is 2. The Morgan fingerprint density at radius 3 is 2.27 bits per heavy atom. The van der Waals surface area contributed by atoms with Crippen LogP contribution < -0.4 is 4.72 Å². The zero-order valence-corrected chi connectivity index (χ0v) is 12.8. The Morgan fingerprint density at radius 2 is 1.68 bits per heavy atom. The number of H-pyrrole nitrogens is 1. The summed E-state index contributed by atoms with van der Waals surface area (Å²) < 4.78 is 27.2. The second-order valence-electron chi connectivity index (χ2n) is 4.96. The number of benzene rings is 2. The molecule has 0 aliphatic carbocycles. The highest BCUT2D eigenvalue weighted by Crippen LogP contribution is 2.21. The highest BCUT2D eigenvalue weighted by atomic mass is 32.2. The second kappa shape index (κ2) is 5.65. The lowest BCUT2D eigenvalue weighted by atomic mass is 10.1. The second-order valence-corrected chi connectivity index (χ2v) is 6.64. The standard InChI is InChI=1S/C16H15N3O2S/c1-12-2-8-15(9-3-12)22(20,21)19-14-6-4-13(5-7-14)16-10-17-11-18-16/h2-11,19H,1H3,(H,17,18). The van der Waals surface area contributed by atoms with Gasteiger partial charge in [-0.3, -0.25) is 4.72 Å². The summed E-state index contributed by atoms with van der Waals surface area (Å²) in [4.78, 5) is 7.21. The van der Waals surface area contributed by atoms with Gasteiger partial charge in [-0.15, -0.1) is 0 Å². The number of aromatic amines is 1. The van der Waals surface area contributed by atoms with Gasteiger partial charge in [0.05, 0.1) is 23.1 Å². The molecular formula is C16H15N3O2S. The summed E-state index contributed by atoms with van der Waals surface area (Å²) in [5.41, 5.74) is 3.36. The minimum Gasteiger partial charge on any atom is -0.345 e. The topological polar surface area (TPSA) is 74.8 Å². The van der Waals surface area contributed by atoms with Crippen molar-refractivity contribution in [3.63, 3.8) is 0 Å². The van der Waals surface area contributed by atoms with Crippen LogP contribution in [0.3, 0.4) is 0 Å². The lowest BCUT2D eigenvalue weighted by Crippen LogP contribution is -2.12. The fourth-order valence-electron chi connectivity index (χ4n) is 2.06. The number of imidazole rings is 1. The van der Waals surface area contributed by atoms with Crippen LogP contribution in [0.1, 0.15) is 5.56 Å². The van der Waals surface area contributed by atoms with Gasteiger partial charge in [0, 0.05) is 5.69 Å². The minimum absolute atomic E-state index is 0.246. The molecule has 5 nitrogen and oxygen atoms in total. The fourth-order valence-corrected chi connectivity index (χ4v) is 3.12. The first-order valence-electron chi connectivity index (χ1n) is 6.73. The third kappa shape index (κ3) is 3.01. The molecular weight excluding hydrogens is 298 g/mol. The molecule has 3 aromatic rings. The molecule has 0 saturated heterocycles. The lowest BCUT2D eigenvalue weighted by Gasteiger charge is -2.09. The molecule has 0 atom stereocenters. The molecule has 22 heavy (non-hydrogen) atoms. The van der Waals surface area contributed by atoms with Crippen molar-refractivity contribution in [3.05, 3.63) is 66.6 Å². The van der Waals surface area contributed by atoms with E-state index in [1.165, 1.54) is 0 Å². The van der Waals surface area contributed by atoms with Crippen LogP contribution in [0.25, 0.3) is 11.3 Å². The summed E-state index contributed by atoms with van der Waals surface area (Å²) in [6.45, 7) is 1.91. The number of nitrogens with one attached hydrogen (secondary N) is 2. The van der Waals surface area contributed by atoms with Crippen LogP contribution in [0, 0.1) is 6.92 Å². The molecule has 112 valence electrons. The van der Waals surface area contributed by atoms with E-state index in [-0.39, 0.29) is 4.90 Å². The molecule has 0 unspecified atom stereocenters. The highest BCUT2D eigenvalue weighted by Gasteiger charge is 2.13. The van der Waals surface area contributed by atoms with Crippen LogP contribution in [0.5, 0.6) is 0 Å². The molecule has 0 spiro atoms. The first-order chi connectivity index (χ1) is 10.5. The Hall–Kier alpha value is -2.60. The first-order valence-corrected chi connectivity index (χ1v) is 8.21. The molecule has 1 heterocycles. The van der Waals surface area contributed by atoms with Crippen LogP contribution in [0.4, 0.5) is 5.69 Å². The van der Waals surface area contributed by atoms with Crippen molar-refractivity contribution in [2.24, 2.45) is 0 Å². The Morgan fingerprint density at radius 1 is 1.00 bits per heavy atom. The number of sulfonamides is 1. The largest absolute Gasteiger partial charge is 0.345 e. The van der Waals surface area contributed by atoms with Gasteiger partial charge in [0.15, 0.2) is 0 Å². The number of rotatable bonds is 4. The molecule has 0 aliphatic rings. The Labute approximate surface area is 129 Å². The van der Waals surface area contributed by atoms with Gasteiger partial charge in [-0.25, -0.2) is 13.4 Å². The van der Waals surface area contributed by atoms with Crippen LogP contribution in [-0.4, -0.2) is 18.4 Å². The molecule has 0 radical (unpaired) electrons. The van der Waals surface area contributed by atoms with E-state index in [4.69, 9.17) is 0 Å². The monoisotopic (exact) mass is 313 g/mol. The summed E-state index contributed by atoms with van der Waals surface area (Å²) >= 11 is 0. The summed E-state index contributed by atoms with van der Waals surface area (Å²) in [6.07, 6.45) is 3.31. The zero-order chi connectivity index (χ0) is 15.6. The van der Waals surface area contributed by atoms with E-state index < -0.39 is 10.0 Å². The maximum Gasteiger partial charge on any atom is 0.261 e. The van der Waals surface area contributed by atoms with E-state index in [9.17, 15) is 8.42 Å². The van der Waals surface area contributed by atoms with Crippen LogP contribution in [-0.2, 0) is 10.0 Å². The molecule has 0 aliphatic heterocycles. The van der Waals surface area contributed by atoms with E-state index >= 15 is 0 Å². The molecule has 1 aromatic heterocycles. The maximum absolute atomic E-state index is 12.3. The number of hydrogen-bond acceptors (Lipinski definition) is 3. The van der Waals surface area contributed by atoms with Gasteiger partial charge in [0.25, 0.3) is 10.0 Å². The van der Waals surface area contributed by atoms with Gasteiger partial charge in [-0.05, 0) is 36.8 Å². The fraction of sp³-hybridized carbons (Fsp3) is 0.0625. The minimum atomic E-state index is -3.57. The van der Waals surface area contributed by atoms with Crippen LogP contribution >= 0.6 is 0 Å². The molecule has 0 fully saturated rings. The summed E-state index contributed by atoms with van der Waals surface area (Å²) in [7, 11) is -3.57. The van der Waals surface area contributed by atoms with Crippen molar-refractivity contribution in [2.45, 2.75) is 11.8 Å². The lowest BCUT2D eigenvalue weighted by molar-refractivity contribution is 0.601. The van der Waals surface area contributed by atoms with Crippen LogP contribution in [0.2, 0.25) is 0 Å². The van der Waals surface area contributed by atoms with Gasteiger partial charge in [-0.2, -0.15) is 0 Å². The first kappa shape index (κ1) is 14.3. The molecule has 3 rings (SSSR count). The van der Waals surface area contributed by atoms with Gasteiger partial charge >= 0.3 is 0 Å². The molecule has 2 N–H and O–H groups in total. The highest BCUT2D eigenvalue weighted by molar-refractivity contribution is 7.92. The van der Waals surface area contributed by atoms with E-state index in [1.807, 2.05) is 19.1 Å². The SMILES string of the molecule is Cc1ccc(S(=O)(=O)Nc2ccc(-c3cnc[nH]3)cc2)cc1. The van der Waals surface area contributed by atoms with Crippen molar-refractivity contribution in [2.75, 3.05) is 4.72 Å². The quantitative estimate of drug-likeness (QED) is 0.777. The van der Waals surface area contributed by atoms with Crippen molar-refractivity contribution in [3.8, 4) is 11.3 Å². The van der Waals surface area contributed by atoms with Gasteiger partial charge < -0.3 is 4.98 Å². The van der Waals surface area contributed by atoms with Crippen molar-refractivity contribution in [1.82, 2.24) is 9.97 Å². The van der Waals surface area contributed by atoms with Crippen molar-refractivity contribution >= 4 is 15.7 Å². The Balaban J connectivity index is 1.82. The van der Waals surface area contributed by atoms with Crippen molar-refractivity contribution < 1.29 is 8.42 Å². The van der Waals surface area contributed by atoms with Crippen LogP contribution in [0.15, 0.2) is 66.0 Å². The molecule has 0 saturated carbocycles. The maximum atomic E-state index is 12.3. The van der Waals surface area contributed by atoms with Gasteiger partial charge in [0.2, 0.25) is 0 Å². The smallest absolute Gasteiger partial charge is 0.261 e. The number of aromatic nitrogens is 2. The normalized spacial score (nSPS) is 11.3. The average molecular weight is 313 g/mol. The number of aryl methyl sites for hydroxylation is 1. The third-order valence-corrected chi connectivity index (χ3v) is 4.67. The van der Waals surface area contributed by atoms with E-state index in [1.54, 1.807) is 48.9 Å².